The molecular formula is C25H29ClN2O3. The predicted molar refractivity (Wildman–Crippen MR) is 122 cm³/mol. The first-order valence-electron chi connectivity index (χ1n) is 11.1. The first-order chi connectivity index (χ1) is 15.0. The summed E-state index contributed by atoms with van der Waals surface area (Å²) in [6, 6.07) is 15.4. The number of phenols is 1. The van der Waals surface area contributed by atoms with E-state index in [1.807, 2.05) is 0 Å². The molecule has 0 bridgehead atoms. The van der Waals surface area contributed by atoms with Crippen LogP contribution in [0.4, 0.5) is 0 Å². The van der Waals surface area contributed by atoms with Crippen LogP contribution in [0.1, 0.15) is 53.9 Å². The smallest absolute Gasteiger partial charge is 0.251 e. The third kappa shape index (κ3) is 5.46. The molecule has 0 radical (unpaired) electrons. The lowest BCUT2D eigenvalue weighted by Crippen LogP contribution is -2.40. The topological polar surface area (TPSA) is 69.6 Å². The van der Waals surface area contributed by atoms with Gasteiger partial charge < -0.3 is 15.3 Å². The second-order valence-electron chi connectivity index (χ2n) is 8.73. The summed E-state index contributed by atoms with van der Waals surface area (Å²) in [4.78, 5) is 27.5. The molecule has 6 heteroatoms. The van der Waals surface area contributed by atoms with Crippen LogP contribution in [0, 0.1) is 5.92 Å². The first-order valence-corrected chi connectivity index (χ1v) is 11.5. The van der Waals surface area contributed by atoms with Gasteiger partial charge in [0.2, 0.25) is 0 Å². The molecule has 2 N–H and O–H groups in total. The molecule has 4 rings (SSSR count). The molecule has 1 aliphatic heterocycles. The van der Waals surface area contributed by atoms with Gasteiger partial charge in [0, 0.05) is 22.5 Å². The van der Waals surface area contributed by atoms with Crippen LogP contribution in [0.2, 0.25) is 5.02 Å². The molecule has 1 saturated heterocycles. The quantitative estimate of drug-likeness (QED) is 0.698. The molecule has 2 fully saturated rings. The summed E-state index contributed by atoms with van der Waals surface area (Å²) in [5.74, 6) is 0.255. The highest BCUT2D eigenvalue weighted by Gasteiger charge is 2.34. The standard InChI is InChI=1S/C25H29ClN2O3/c26-21-12-20(14-23(29)15-21)25(31)27-16-24(30)19-6-7-22(13-19)28-10-8-18(9-11-28)17-4-2-1-3-5-17/h1-5,12,14-15,18-19,22,29H,6-11,13,16H2,(H,27,31). The number of nitrogens with zero attached hydrogens (tertiary/aromatic N) is 1. The molecule has 31 heavy (non-hydrogen) atoms. The van der Waals surface area contributed by atoms with E-state index < -0.39 is 5.91 Å². The third-order valence-electron chi connectivity index (χ3n) is 6.75. The second kappa shape index (κ2) is 9.84. The molecule has 2 unspecified atom stereocenters. The van der Waals surface area contributed by atoms with Gasteiger partial charge in [-0.25, -0.2) is 0 Å². The van der Waals surface area contributed by atoms with Crippen molar-refractivity contribution in [3.63, 3.8) is 0 Å². The number of phenolic OH excluding ortho intramolecular Hbond substituents is 1. The number of hydrogen-bond acceptors (Lipinski definition) is 4. The molecule has 1 aliphatic carbocycles. The van der Waals surface area contributed by atoms with Crippen molar-refractivity contribution in [2.45, 2.75) is 44.1 Å². The minimum absolute atomic E-state index is 0.00455. The molecule has 2 aromatic carbocycles. The summed E-state index contributed by atoms with van der Waals surface area (Å²) < 4.78 is 0. The van der Waals surface area contributed by atoms with Gasteiger partial charge in [-0.2, -0.15) is 0 Å². The summed E-state index contributed by atoms with van der Waals surface area (Å²) >= 11 is 5.88. The van der Waals surface area contributed by atoms with Gasteiger partial charge in [0.25, 0.3) is 5.91 Å². The van der Waals surface area contributed by atoms with Gasteiger partial charge in [0.05, 0.1) is 6.54 Å². The minimum atomic E-state index is -0.399. The molecule has 2 aromatic rings. The van der Waals surface area contributed by atoms with E-state index in [1.54, 1.807) is 0 Å². The number of ketones is 1. The molecule has 5 nitrogen and oxygen atoms in total. The normalized spacial score (nSPS) is 22.4. The number of hydrogen-bond donors (Lipinski definition) is 2. The lowest BCUT2D eigenvalue weighted by Gasteiger charge is -2.36. The molecule has 1 saturated carbocycles. The van der Waals surface area contributed by atoms with Crippen molar-refractivity contribution in [3.8, 4) is 5.75 Å². The van der Waals surface area contributed by atoms with Crippen molar-refractivity contribution in [2.75, 3.05) is 19.6 Å². The van der Waals surface area contributed by atoms with Crippen LogP contribution in [0.5, 0.6) is 5.75 Å². The predicted octanol–water partition coefficient (Wildman–Crippen LogP) is 4.39. The Balaban J connectivity index is 1.23. The fraction of sp³-hybridized carbons (Fsp3) is 0.440. The van der Waals surface area contributed by atoms with Crippen molar-refractivity contribution >= 4 is 23.3 Å². The molecule has 0 aromatic heterocycles. The average molecular weight is 441 g/mol. The summed E-state index contributed by atoms with van der Waals surface area (Å²) in [7, 11) is 0. The van der Waals surface area contributed by atoms with E-state index in [2.05, 4.69) is 40.5 Å². The number of carbonyl (C=O) groups excluding carboxylic acids is 2. The lowest BCUT2D eigenvalue weighted by molar-refractivity contribution is -0.121. The fourth-order valence-corrected chi connectivity index (χ4v) is 5.25. The number of piperidine rings is 1. The summed E-state index contributed by atoms with van der Waals surface area (Å²) in [6.45, 7) is 2.18. The highest BCUT2D eigenvalue weighted by atomic mass is 35.5. The van der Waals surface area contributed by atoms with Gasteiger partial charge in [0.1, 0.15) is 5.75 Å². The third-order valence-corrected chi connectivity index (χ3v) is 6.96. The summed E-state index contributed by atoms with van der Waals surface area (Å²) in [5.41, 5.74) is 1.69. The van der Waals surface area contributed by atoms with Crippen LogP contribution < -0.4 is 5.32 Å². The maximum Gasteiger partial charge on any atom is 0.251 e. The Kier molecular flexibility index (Phi) is 6.93. The Morgan fingerprint density at radius 1 is 1.03 bits per heavy atom. The average Bonchev–Trinajstić information content (AvgIpc) is 3.28. The van der Waals surface area contributed by atoms with Crippen molar-refractivity contribution < 1.29 is 14.7 Å². The number of Topliss-reactive ketones (excluding diaryl/α,β-unsaturated/α-hetero) is 1. The number of likely N-dealkylation sites (tertiary alicyclic amines) is 1. The molecule has 2 aliphatic rings. The highest BCUT2D eigenvalue weighted by molar-refractivity contribution is 6.31. The number of halogens is 1. The zero-order valence-corrected chi connectivity index (χ0v) is 18.4. The van der Waals surface area contributed by atoms with Crippen LogP contribution in [0.15, 0.2) is 48.5 Å². The molecule has 164 valence electrons. The van der Waals surface area contributed by atoms with E-state index in [0.717, 1.165) is 32.4 Å². The number of benzene rings is 2. The largest absolute Gasteiger partial charge is 0.508 e. The Morgan fingerprint density at radius 2 is 1.77 bits per heavy atom. The van der Waals surface area contributed by atoms with Gasteiger partial charge in [-0.05, 0) is 74.9 Å². The Hall–Kier alpha value is -2.37. The highest BCUT2D eigenvalue weighted by Crippen LogP contribution is 2.35. The number of carbonyl (C=O) groups is 2. The molecule has 2 atom stereocenters. The van der Waals surface area contributed by atoms with Crippen molar-refractivity contribution in [1.29, 1.82) is 0 Å². The Labute approximate surface area is 188 Å². The van der Waals surface area contributed by atoms with Gasteiger partial charge >= 0.3 is 0 Å². The molecule has 1 heterocycles. The number of amides is 1. The van der Waals surface area contributed by atoms with E-state index in [4.69, 9.17) is 11.6 Å². The summed E-state index contributed by atoms with van der Waals surface area (Å²) in [5, 5.41) is 12.6. The minimum Gasteiger partial charge on any atom is -0.508 e. The van der Waals surface area contributed by atoms with Crippen molar-refractivity contribution in [1.82, 2.24) is 10.2 Å². The van der Waals surface area contributed by atoms with Crippen molar-refractivity contribution in [3.05, 3.63) is 64.7 Å². The number of aromatic hydroxyl groups is 1. The Morgan fingerprint density at radius 3 is 2.48 bits per heavy atom. The van der Waals surface area contributed by atoms with Crippen LogP contribution in [-0.4, -0.2) is 47.4 Å². The number of rotatable bonds is 6. The SMILES string of the molecule is O=C(NCC(=O)C1CCC(N2CCC(c3ccccc3)CC2)C1)c1cc(O)cc(Cl)c1. The lowest BCUT2D eigenvalue weighted by atomic mass is 9.88. The van der Waals surface area contributed by atoms with Crippen LogP contribution in [0.3, 0.4) is 0 Å². The van der Waals surface area contributed by atoms with E-state index in [-0.39, 0.29) is 34.6 Å². The number of nitrogens with one attached hydrogen (secondary N) is 1. The van der Waals surface area contributed by atoms with Crippen LogP contribution in [0.25, 0.3) is 0 Å². The van der Waals surface area contributed by atoms with Crippen LogP contribution >= 0.6 is 11.6 Å². The van der Waals surface area contributed by atoms with E-state index in [9.17, 15) is 14.7 Å². The fourth-order valence-electron chi connectivity index (χ4n) is 5.02. The maximum atomic E-state index is 12.7. The van der Waals surface area contributed by atoms with Gasteiger partial charge in [0.15, 0.2) is 5.78 Å². The zero-order chi connectivity index (χ0) is 21.8. The molecular weight excluding hydrogens is 412 g/mol. The van der Waals surface area contributed by atoms with E-state index in [0.29, 0.717) is 12.0 Å². The summed E-state index contributed by atoms with van der Waals surface area (Å²) in [6.07, 6.45) is 5.14. The van der Waals surface area contributed by atoms with Crippen molar-refractivity contribution in [2.24, 2.45) is 5.92 Å². The first kappa shape index (κ1) is 21.8. The van der Waals surface area contributed by atoms with Gasteiger partial charge in [-0.3, -0.25) is 9.59 Å². The van der Waals surface area contributed by atoms with E-state index in [1.165, 1.54) is 36.6 Å². The second-order valence-corrected chi connectivity index (χ2v) is 9.17. The van der Waals surface area contributed by atoms with Crippen LogP contribution in [-0.2, 0) is 4.79 Å². The Bertz CT molecular complexity index is 905. The zero-order valence-electron chi connectivity index (χ0n) is 17.6. The molecule has 0 spiro atoms. The molecule has 1 amide bonds. The van der Waals surface area contributed by atoms with Gasteiger partial charge in [-0.15, -0.1) is 0 Å². The van der Waals surface area contributed by atoms with E-state index >= 15 is 0 Å². The monoisotopic (exact) mass is 440 g/mol. The maximum absolute atomic E-state index is 12.7. The van der Waals surface area contributed by atoms with Gasteiger partial charge in [-0.1, -0.05) is 41.9 Å².